The quantitative estimate of drug-likeness (QED) is 0.195. The summed E-state index contributed by atoms with van der Waals surface area (Å²) in [5, 5.41) is 4.24. The lowest BCUT2D eigenvalue weighted by atomic mass is 9.28. The molecule has 2 fully saturated rings. The van der Waals surface area contributed by atoms with E-state index < -0.39 is 27.9 Å². The monoisotopic (exact) mass is 702 g/mol. The van der Waals surface area contributed by atoms with E-state index in [2.05, 4.69) is 155 Å². The van der Waals surface area contributed by atoms with Gasteiger partial charge in [0.15, 0.2) is 0 Å². The van der Waals surface area contributed by atoms with Gasteiger partial charge in [-0.25, -0.2) is 0 Å². The summed E-state index contributed by atoms with van der Waals surface area (Å²) in [6, 6.07) is 36.0. The van der Waals surface area contributed by atoms with Crippen LogP contribution in [-0.2, 0) is 22.6 Å². The van der Waals surface area contributed by atoms with Crippen LogP contribution in [0.3, 0.4) is 0 Å². The van der Waals surface area contributed by atoms with Crippen LogP contribution >= 0.6 is 17.4 Å². The first kappa shape index (κ1) is 30.0. The lowest BCUT2D eigenvalue weighted by Crippen LogP contribution is -2.89. The molecule has 2 saturated carbocycles. The molecule has 0 atom stereocenters. The predicted molar refractivity (Wildman–Crippen MR) is 213 cm³/mol. The van der Waals surface area contributed by atoms with Gasteiger partial charge in [0.1, 0.15) is 11.1 Å². The molecule has 1 aromatic heterocycles. The van der Waals surface area contributed by atoms with Gasteiger partial charge >= 0.3 is 0 Å². The predicted octanol–water partition coefficient (Wildman–Crippen LogP) is 10.4. The third-order valence-corrected chi connectivity index (χ3v) is 20.6. The van der Waals surface area contributed by atoms with Gasteiger partial charge in [-0.05, 0) is 81.8 Å². The number of thiophene rings is 1. The van der Waals surface area contributed by atoms with Crippen molar-refractivity contribution in [3.8, 4) is 0 Å². The topological polar surface area (TPSA) is 24.7 Å². The van der Waals surface area contributed by atoms with Gasteiger partial charge in [0.25, 0.3) is 0 Å². The molecule has 4 aromatic rings. The van der Waals surface area contributed by atoms with E-state index >= 15 is 0 Å². The van der Waals surface area contributed by atoms with Crippen molar-refractivity contribution in [3.05, 3.63) is 170 Å². The first-order chi connectivity index (χ1) is 24.1. The van der Waals surface area contributed by atoms with E-state index in [9.17, 15) is 0 Å². The highest BCUT2D eigenvalue weighted by molar-refractivity contribution is 8.22. The standard InChI is InChI=1S/C45H39N2PS2/c1-40(2)34-25-27-42(46-34)44(29-15-8-5-9-16-29)36-23-24-37(50-36)45(42,30-17-10-6-11-18-30)43(44)28-26-35(47-43)41(3,4)39-33-22-14-21-32(33)38(40)48(39,49)31-19-12-7-13-20-31/h5-13,15-20,23-28H,14,21-22H2,1-4H3. The number of fused-ring (bicyclic) bond motifs is 1. The number of allylic oxidation sites excluding steroid dienone is 6. The lowest BCUT2D eigenvalue weighted by Gasteiger charge is -2.77. The molecule has 10 bridgehead atoms. The fraction of sp³-hybridized carbons (Fsp3) is 0.289. The maximum Gasteiger partial charge on any atom is 0.114 e. The van der Waals surface area contributed by atoms with Gasteiger partial charge in [0, 0.05) is 38.0 Å². The summed E-state index contributed by atoms with van der Waals surface area (Å²) in [4.78, 5) is 15.2. The number of hydrogen-bond acceptors (Lipinski definition) is 4. The molecule has 3 aromatic carbocycles. The zero-order valence-corrected chi connectivity index (χ0v) is 31.4. The van der Waals surface area contributed by atoms with Crippen LogP contribution in [0.4, 0.5) is 0 Å². The van der Waals surface area contributed by atoms with E-state index in [4.69, 9.17) is 21.8 Å². The molecule has 2 spiro atoms. The molecule has 0 saturated heterocycles. The van der Waals surface area contributed by atoms with Gasteiger partial charge in [-0.2, -0.15) is 0 Å². The highest BCUT2D eigenvalue weighted by Gasteiger charge is 2.92. The van der Waals surface area contributed by atoms with Crippen molar-refractivity contribution in [2.45, 2.75) is 68.9 Å². The van der Waals surface area contributed by atoms with Gasteiger partial charge in [0.2, 0.25) is 0 Å². The minimum atomic E-state index is -2.43. The van der Waals surface area contributed by atoms with Crippen LogP contribution in [0.15, 0.2) is 159 Å². The fourth-order valence-electron chi connectivity index (χ4n) is 12.0. The first-order valence-corrected chi connectivity index (χ1v) is 21.7. The number of rotatable bonds is 3. The van der Waals surface area contributed by atoms with Crippen molar-refractivity contribution in [2.24, 2.45) is 20.8 Å². The SMILES string of the molecule is CC1(C)C2=NC3(C=C2)C2(c4ccccc4)c4ccc(s4)C3(c3ccccc3)C23C=CC(=N3)C(C)(C)C2=C3CCCC3=C1P2(=S)c1ccccc1. The van der Waals surface area contributed by atoms with Crippen molar-refractivity contribution in [1.29, 1.82) is 0 Å². The molecule has 0 radical (unpaired) electrons. The molecule has 2 nitrogen and oxygen atoms in total. The molecule has 50 heavy (non-hydrogen) atoms. The number of hydrogen-bond donors (Lipinski definition) is 0. The molecule has 9 aliphatic rings. The van der Waals surface area contributed by atoms with Gasteiger partial charge in [-0.3, -0.25) is 9.98 Å². The van der Waals surface area contributed by atoms with Crippen LogP contribution in [0.5, 0.6) is 0 Å². The third-order valence-electron chi connectivity index (χ3n) is 13.6. The Labute approximate surface area is 304 Å². The maximum atomic E-state index is 7.32. The molecule has 0 amide bonds. The summed E-state index contributed by atoms with van der Waals surface area (Å²) in [6.45, 7) is 9.78. The van der Waals surface area contributed by atoms with Crippen molar-refractivity contribution in [2.75, 3.05) is 0 Å². The van der Waals surface area contributed by atoms with E-state index in [0.717, 1.165) is 24.3 Å². The highest BCUT2D eigenvalue weighted by atomic mass is 32.4. The molecular formula is C45H39N2PS2. The van der Waals surface area contributed by atoms with Gasteiger partial charge in [-0.15, -0.1) is 11.3 Å². The van der Waals surface area contributed by atoms with E-state index in [1.54, 1.807) is 0 Å². The van der Waals surface area contributed by atoms with Crippen molar-refractivity contribution in [3.63, 3.8) is 0 Å². The summed E-state index contributed by atoms with van der Waals surface area (Å²) >= 11 is 9.28. The average molecular weight is 703 g/mol. The molecule has 13 rings (SSSR count). The Hall–Kier alpha value is -3.69. The van der Waals surface area contributed by atoms with Crippen LogP contribution < -0.4 is 5.30 Å². The van der Waals surface area contributed by atoms with Crippen molar-refractivity contribution in [1.82, 2.24) is 0 Å². The highest BCUT2D eigenvalue weighted by Crippen LogP contribution is 2.85. The minimum absolute atomic E-state index is 0.372. The Bertz CT molecular complexity index is 2280. The van der Waals surface area contributed by atoms with Crippen LogP contribution in [0.1, 0.15) is 67.8 Å². The third kappa shape index (κ3) is 2.83. The number of nitrogens with zero attached hydrogens (tertiary/aromatic N) is 2. The van der Waals surface area contributed by atoms with Crippen LogP contribution in [-0.4, -0.2) is 22.5 Å². The van der Waals surface area contributed by atoms with Crippen molar-refractivity contribution >= 4 is 45.9 Å². The molecule has 7 aliphatic heterocycles. The second-order valence-electron chi connectivity index (χ2n) is 16.3. The van der Waals surface area contributed by atoms with Gasteiger partial charge in [0.05, 0.1) is 10.8 Å². The smallest absolute Gasteiger partial charge is 0.114 e. The van der Waals surface area contributed by atoms with E-state index in [1.165, 1.54) is 54.4 Å². The summed E-state index contributed by atoms with van der Waals surface area (Å²) < 4.78 is 0. The lowest BCUT2D eigenvalue weighted by molar-refractivity contribution is -0.0215. The summed E-state index contributed by atoms with van der Waals surface area (Å²) in [5.74, 6) is 0. The fourth-order valence-corrected chi connectivity index (χ4v) is 20.5. The molecule has 8 heterocycles. The molecule has 5 heteroatoms. The van der Waals surface area contributed by atoms with Crippen LogP contribution in [0.25, 0.3) is 0 Å². The molecule has 2 aliphatic carbocycles. The van der Waals surface area contributed by atoms with E-state index in [-0.39, 0.29) is 10.8 Å². The average Bonchev–Trinajstić information content (AvgIpc) is 3.96. The normalized spacial score (nSPS) is 35.7. The molecule has 0 unspecified atom stereocenters. The van der Waals surface area contributed by atoms with E-state index in [1.807, 2.05) is 11.3 Å². The summed E-state index contributed by atoms with van der Waals surface area (Å²) in [6.07, 6.45) is 13.2. The molecule has 246 valence electrons. The maximum absolute atomic E-state index is 7.32. The van der Waals surface area contributed by atoms with Crippen molar-refractivity contribution < 1.29 is 0 Å². The Morgan fingerprint density at radius 3 is 1.44 bits per heavy atom. The van der Waals surface area contributed by atoms with Crippen LogP contribution in [0, 0.1) is 10.8 Å². The number of aliphatic imine (C=N–C) groups is 2. The summed E-state index contributed by atoms with van der Waals surface area (Å²) in [5.41, 5.74) is 4.93. The molecular weight excluding hydrogens is 664 g/mol. The Morgan fingerprint density at radius 2 is 1.00 bits per heavy atom. The van der Waals surface area contributed by atoms with Gasteiger partial charge in [-0.1, -0.05) is 143 Å². The largest absolute Gasteiger partial charge is 0.275 e. The second kappa shape index (κ2) is 9.20. The van der Waals surface area contributed by atoms with Gasteiger partial charge < -0.3 is 0 Å². The summed E-state index contributed by atoms with van der Waals surface area (Å²) in [7, 11) is 0. The Kier molecular flexibility index (Phi) is 5.52. The minimum Gasteiger partial charge on any atom is -0.275 e. The second-order valence-corrected chi connectivity index (χ2v) is 21.6. The van der Waals surface area contributed by atoms with Crippen LogP contribution in [0.2, 0.25) is 0 Å². The first-order valence-electron chi connectivity index (χ1n) is 18.1. The molecule has 0 N–H and O–H groups in total. The number of benzene rings is 3. The Balaban J connectivity index is 1.33. The zero-order chi connectivity index (χ0) is 33.9. The van der Waals surface area contributed by atoms with E-state index in [0.29, 0.717) is 0 Å². The Morgan fingerprint density at radius 1 is 0.580 bits per heavy atom. The zero-order valence-electron chi connectivity index (χ0n) is 28.9.